The fourth-order valence-electron chi connectivity index (χ4n) is 2.59. The van der Waals surface area contributed by atoms with E-state index in [0.717, 1.165) is 9.86 Å². The number of furan rings is 1. The third-order valence-corrected chi connectivity index (χ3v) is 4.19. The second-order valence-electron chi connectivity index (χ2n) is 5.40. The summed E-state index contributed by atoms with van der Waals surface area (Å²) in [6, 6.07) is 8.87. The Morgan fingerprint density at radius 3 is 2.84 bits per heavy atom. The van der Waals surface area contributed by atoms with Crippen LogP contribution in [0.25, 0.3) is 11.0 Å². The quantitative estimate of drug-likeness (QED) is 0.524. The molecule has 1 aromatic carbocycles. The number of amides is 1. The molecule has 0 radical (unpaired) electrons. The Balaban J connectivity index is 2.11. The molecule has 2 N–H and O–H groups in total. The highest BCUT2D eigenvalue weighted by atomic mass is 79.9. The van der Waals surface area contributed by atoms with Crippen LogP contribution in [-0.2, 0) is 11.3 Å². The van der Waals surface area contributed by atoms with E-state index in [4.69, 9.17) is 14.9 Å². The highest BCUT2D eigenvalue weighted by Crippen LogP contribution is 2.29. The van der Waals surface area contributed by atoms with E-state index in [9.17, 15) is 9.59 Å². The average Bonchev–Trinajstić information content (AvgIpc) is 2.93. The molecule has 128 valence electrons. The molecule has 25 heavy (non-hydrogen) atoms. The predicted octanol–water partition coefficient (Wildman–Crippen LogP) is 2.81. The van der Waals surface area contributed by atoms with Crippen molar-refractivity contribution in [3.63, 3.8) is 0 Å². The van der Waals surface area contributed by atoms with Gasteiger partial charge >= 0.3 is 5.97 Å². The molecule has 0 spiro atoms. The summed E-state index contributed by atoms with van der Waals surface area (Å²) < 4.78 is 13.5. The first-order chi connectivity index (χ1) is 12.0. The summed E-state index contributed by atoms with van der Waals surface area (Å²) in [6.07, 6.45) is 3.42. The zero-order valence-corrected chi connectivity index (χ0v) is 15.1. The number of esters is 1. The number of ether oxygens (including phenoxy) is 1. The van der Waals surface area contributed by atoms with Gasteiger partial charge in [-0.25, -0.2) is 4.79 Å². The molecular formula is C18H16BrN2O4+. The number of rotatable bonds is 5. The highest BCUT2D eigenvalue weighted by molar-refractivity contribution is 9.10. The Morgan fingerprint density at radius 2 is 2.12 bits per heavy atom. The van der Waals surface area contributed by atoms with Crippen LogP contribution < -0.4 is 10.3 Å². The van der Waals surface area contributed by atoms with Crippen LogP contribution in [0.3, 0.4) is 0 Å². The Hall–Kier alpha value is -2.67. The molecule has 0 bridgehead atoms. The Morgan fingerprint density at radius 1 is 1.32 bits per heavy atom. The molecular weight excluding hydrogens is 388 g/mol. The first-order valence-electron chi connectivity index (χ1n) is 7.66. The molecule has 0 aliphatic heterocycles. The smallest absolute Gasteiger partial charge is 0.374 e. The number of pyridine rings is 1. The number of halogens is 1. The number of benzene rings is 1. The summed E-state index contributed by atoms with van der Waals surface area (Å²) in [5.41, 5.74) is 6.99. The number of carbonyl (C=O) groups is 2. The standard InChI is InChI=1S/C18H15BrN2O4/c1-2-24-18(23)16-14(13-8-12(19)5-6-15(13)25-16)10-21-7-3-4-11(9-21)17(20)22/h3-9H,2,10H2,1H3,(H-,20,22)/p+1. The van der Waals surface area contributed by atoms with Gasteiger partial charge in [-0.15, -0.1) is 0 Å². The molecule has 3 rings (SSSR count). The number of primary amides is 1. The largest absolute Gasteiger partial charge is 0.460 e. The fourth-order valence-corrected chi connectivity index (χ4v) is 2.95. The topological polar surface area (TPSA) is 86.4 Å². The van der Waals surface area contributed by atoms with Gasteiger partial charge in [-0.2, -0.15) is 4.57 Å². The molecule has 0 aliphatic rings. The number of hydrogen-bond acceptors (Lipinski definition) is 4. The van der Waals surface area contributed by atoms with Crippen LogP contribution >= 0.6 is 15.9 Å². The number of nitrogens with zero attached hydrogens (tertiary/aromatic N) is 1. The maximum atomic E-state index is 12.3. The molecule has 0 saturated carbocycles. The molecule has 1 amide bonds. The van der Waals surface area contributed by atoms with E-state index < -0.39 is 11.9 Å². The van der Waals surface area contributed by atoms with E-state index in [1.54, 1.807) is 42.1 Å². The van der Waals surface area contributed by atoms with Crippen molar-refractivity contribution >= 4 is 38.8 Å². The van der Waals surface area contributed by atoms with Crippen molar-refractivity contribution in [2.24, 2.45) is 5.73 Å². The zero-order valence-electron chi connectivity index (χ0n) is 13.5. The molecule has 7 heteroatoms. The maximum Gasteiger partial charge on any atom is 0.374 e. The average molecular weight is 404 g/mol. The molecule has 0 aliphatic carbocycles. The summed E-state index contributed by atoms with van der Waals surface area (Å²) in [6.45, 7) is 2.32. The highest BCUT2D eigenvalue weighted by Gasteiger charge is 2.25. The minimum atomic E-state index is -0.517. The summed E-state index contributed by atoms with van der Waals surface area (Å²) in [7, 11) is 0. The van der Waals surface area contributed by atoms with E-state index in [2.05, 4.69) is 15.9 Å². The van der Waals surface area contributed by atoms with Crippen molar-refractivity contribution in [2.75, 3.05) is 6.61 Å². The van der Waals surface area contributed by atoms with Crippen molar-refractivity contribution in [2.45, 2.75) is 13.5 Å². The Bertz CT molecular complexity index is 965. The summed E-state index contributed by atoms with van der Waals surface area (Å²) >= 11 is 3.43. The number of nitrogens with two attached hydrogens (primary N) is 1. The van der Waals surface area contributed by atoms with Gasteiger partial charge in [-0.3, -0.25) is 4.79 Å². The van der Waals surface area contributed by atoms with Gasteiger partial charge in [0.25, 0.3) is 5.91 Å². The third-order valence-electron chi connectivity index (χ3n) is 3.70. The number of fused-ring (bicyclic) bond motifs is 1. The van der Waals surface area contributed by atoms with Crippen LogP contribution in [0.15, 0.2) is 51.6 Å². The van der Waals surface area contributed by atoms with E-state index >= 15 is 0 Å². The van der Waals surface area contributed by atoms with Crippen LogP contribution in [-0.4, -0.2) is 18.5 Å². The lowest BCUT2D eigenvalue weighted by molar-refractivity contribution is -0.688. The first kappa shape index (κ1) is 17.2. The molecule has 0 fully saturated rings. The first-order valence-corrected chi connectivity index (χ1v) is 8.46. The van der Waals surface area contributed by atoms with Gasteiger partial charge < -0.3 is 14.9 Å². The molecule has 0 saturated heterocycles. The van der Waals surface area contributed by atoms with Crippen molar-refractivity contribution in [3.05, 3.63) is 64.1 Å². The molecule has 2 aromatic heterocycles. The van der Waals surface area contributed by atoms with Gasteiger partial charge in [0.15, 0.2) is 18.9 Å². The van der Waals surface area contributed by atoms with E-state index in [1.165, 1.54) is 0 Å². The van der Waals surface area contributed by atoms with Gasteiger partial charge in [0, 0.05) is 15.9 Å². The molecule has 2 heterocycles. The second kappa shape index (κ2) is 7.06. The summed E-state index contributed by atoms with van der Waals surface area (Å²) in [5.74, 6) is -0.872. The number of hydrogen-bond donors (Lipinski definition) is 1. The third kappa shape index (κ3) is 3.56. The Labute approximate surface area is 152 Å². The monoisotopic (exact) mass is 403 g/mol. The van der Waals surface area contributed by atoms with Gasteiger partial charge in [0.2, 0.25) is 5.76 Å². The van der Waals surface area contributed by atoms with Gasteiger partial charge in [-0.05, 0) is 31.2 Å². The van der Waals surface area contributed by atoms with Crippen molar-refractivity contribution in [1.29, 1.82) is 0 Å². The molecule has 0 unspecified atom stereocenters. The number of carbonyl (C=O) groups excluding carboxylic acids is 2. The minimum Gasteiger partial charge on any atom is -0.460 e. The van der Waals surface area contributed by atoms with Crippen molar-refractivity contribution in [1.82, 2.24) is 0 Å². The van der Waals surface area contributed by atoms with E-state index in [0.29, 0.717) is 23.3 Å². The van der Waals surface area contributed by atoms with Crippen LogP contribution in [0.2, 0.25) is 0 Å². The van der Waals surface area contributed by atoms with Crippen LogP contribution in [0.4, 0.5) is 0 Å². The molecule has 6 nitrogen and oxygen atoms in total. The van der Waals surface area contributed by atoms with E-state index in [-0.39, 0.29) is 12.4 Å². The van der Waals surface area contributed by atoms with Crippen LogP contribution in [0, 0.1) is 0 Å². The zero-order chi connectivity index (χ0) is 18.0. The Kier molecular flexibility index (Phi) is 4.85. The van der Waals surface area contributed by atoms with Gasteiger partial charge in [0.1, 0.15) is 11.1 Å². The summed E-state index contributed by atoms with van der Waals surface area (Å²) in [5, 5.41) is 0.800. The second-order valence-corrected chi connectivity index (χ2v) is 6.32. The lowest BCUT2D eigenvalue weighted by Crippen LogP contribution is -2.35. The number of aromatic nitrogens is 1. The minimum absolute atomic E-state index is 0.159. The summed E-state index contributed by atoms with van der Waals surface area (Å²) in [4.78, 5) is 23.7. The van der Waals surface area contributed by atoms with Crippen molar-refractivity contribution < 1.29 is 23.3 Å². The van der Waals surface area contributed by atoms with Crippen LogP contribution in [0.1, 0.15) is 33.4 Å². The maximum absolute atomic E-state index is 12.3. The molecule has 3 aromatic rings. The molecule has 0 atom stereocenters. The van der Waals surface area contributed by atoms with Crippen LogP contribution in [0.5, 0.6) is 0 Å². The van der Waals surface area contributed by atoms with Crippen molar-refractivity contribution in [3.8, 4) is 0 Å². The fraction of sp³-hybridized carbons (Fsp3) is 0.167. The van der Waals surface area contributed by atoms with E-state index in [1.807, 2.05) is 12.1 Å². The predicted molar refractivity (Wildman–Crippen MR) is 94.1 cm³/mol. The normalized spacial score (nSPS) is 10.8. The lowest BCUT2D eigenvalue weighted by Gasteiger charge is -2.02. The lowest BCUT2D eigenvalue weighted by atomic mass is 10.1. The SMILES string of the molecule is CCOC(=O)c1oc2ccc(Br)cc2c1C[n+]1cccc(C(N)=O)c1. The van der Waals surface area contributed by atoms with Gasteiger partial charge in [0.05, 0.1) is 12.2 Å². The van der Waals surface area contributed by atoms with Gasteiger partial charge in [-0.1, -0.05) is 15.9 Å².